The van der Waals surface area contributed by atoms with E-state index in [0.717, 1.165) is 15.3 Å². The van der Waals surface area contributed by atoms with E-state index in [9.17, 15) is 4.39 Å². The van der Waals surface area contributed by atoms with Gasteiger partial charge in [-0.05, 0) is 30.3 Å². The molecule has 2 N–H and O–H groups in total. The molecular weight excluding hydrogens is 263 g/mol. The van der Waals surface area contributed by atoms with Crippen LogP contribution in [0.1, 0.15) is 0 Å². The zero-order valence-electron chi connectivity index (χ0n) is 10.2. The molecule has 19 heavy (non-hydrogen) atoms. The second kappa shape index (κ2) is 4.51. The van der Waals surface area contributed by atoms with E-state index in [2.05, 4.69) is 4.98 Å². The van der Waals surface area contributed by atoms with Gasteiger partial charge in [0.1, 0.15) is 16.6 Å². The molecule has 1 aromatic heterocycles. The number of rotatable bonds is 2. The molecule has 0 aliphatic carbocycles. The van der Waals surface area contributed by atoms with E-state index < -0.39 is 0 Å². The first-order valence-electron chi connectivity index (χ1n) is 5.67. The van der Waals surface area contributed by atoms with Crippen LogP contribution in [0.2, 0.25) is 0 Å². The molecule has 0 bridgehead atoms. The number of anilines is 1. The Labute approximate surface area is 113 Å². The number of nitrogens with zero attached hydrogens (tertiary/aromatic N) is 1. The molecule has 0 amide bonds. The Hall–Kier alpha value is -2.14. The third-order valence-corrected chi connectivity index (χ3v) is 3.91. The number of aromatic nitrogens is 1. The van der Waals surface area contributed by atoms with Crippen molar-refractivity contribution in [2.24, 2.45) is 0 Å². The lowest BCUT2D eigenvalue weighted by atomic mass is 10.2. The zero-order valence-corrected chi connectivity index (χ0v) is 11.0. The molecule has 0 aliphatic heterocycles. The molecule has 3 nitrogen and oxygen atoms in total. The molecule has 0 spiro atoms. The van der Waals surface area contributed by atoms with Crippen molar-refractivity contribution in [2.45, 2.75) is 0 Å². The Morgan fingerprint density at radius 3 is 2.79 bits per heavy atom. The standard InChI is InChI=1S/C14H11FN2OS/c1-18-12-4-2-8(6-10(12)16)14-17-11-7-9(15)3-5-13(11)19-14/h2-7H,16H2,1H3. The Bertz CT molecular complexity index is 754. The van der Waals surface area contributed by atoms with Crippen molar-refractivity contribution in [3.8, 4) is 16.3 Å². The monoisotopic (exact) mass is 274 g/mol. The summed E-state index contributed by atoms with van der Waals surface area (Å²) in [6.45, 7) is 0. The summed E-state index contributed by atoms with van der Waals surface area (Å²) in [4.78, 5) is 4.42. The molecule has 0 unspecified atom stereocenters. The number of fused-ring (bicyclic) bond motifs is 1. The highest BCUT2D eigenvalue weighted by Crippen LogP contribution is 2.33. The van der Waals surface area contributed by atoms with Crippen molar-refractivity contribution >= 4 is 27.2 Å². The second-order valence-corrected chi connectivity index (χ2v) is 5.12. The van der Waals surface area contributed by atoms with E-state index in [1.165, 1.54) is 23.5 Å². The fourth-order valence-corrected chi connectivity index (χ4v) is 2.83. The fraction of sp³-hybridized carbons (Fsp3) is 0.0714. The number of nitrogens with two attached hydrogens (primary N) is 1. The van der Waals surface area contributed by atoms with Crippen molar-refractivity contribution in [3.63, 3.8) is 0 Å². The quantitative estimate of drug-likeness (QED) is 0.725. The van der Waals surface area contributed by atoms with Crippen molar-refractivity contribution in [1.29, 1.82) is 0 Å². The Morgan fingerprint density at radius 2 is 2.05 bits per heavy atom. The van der Waals surface area contributed by atoms with Gasteiger partial charge < -0.3 is 10.5 Å². The van der Waals surface area contributed by atoms with Crippen LogP contribution in [0.15, 0.2) is 36.4 Å². The summed E-state index contributed by atoms with van der Waals surface area (Å²) in [6, 6.07) is 10.1. The Balaban J connectivity index is 2.11. The number of hydrogen-bond donors (Lipinski definition) is 1. The van der Waals surface area contributed by atoms with Gasteiger partial charge in [0.2, 0.25) is 0 Å². The van der Waals surface area contributed by atoms with Gasteiger partial charge in [0.15, 0.2) is 0 Å². The largest absolute Gasteiger partial charge is 0.495 e. The minimum Gasteiger partial charge on any atom is -0.495 e. The minimum atomic E-state index is -0.279. The van der Waals surface area contributed by atoms with Crippen LogP contribution in [0, 0.1) is 5.82 Å². The summed E-state index contributed by atoms with van der Waals surface area (Å²) in [5.74, 6) is 0.356. The molecule has 96 valence electrons. The van der Waals surface area contributed by atoms with Gasteiger partial charge in [0, 0.05) is 11.6 Å². The average Bonchev–Trinajstić information content (AvgIpc) is 2.81. The molecule has 3 rings (SSSR count). The third-order valence-electron chi connectivity index (χ3n) is 2.83. The fourth-order valence-electron chi connectivity index (χ4n) is 1.89. The molecule has 5 heteroatoms. The van der Waals surface area contributed by atoms with Gasteiger partial charge in [-0.15, -0.1) is 11.3 Å². The first kappa shape index (κ1) is 11.9. The smallest absolute Gasteiger partial charge is 0.141 e. The number of halogens is 1. The van der Waals surface area contributed by atoms with E-state index in [0.29, 0.717) is 17.0 Å². The number of hydrogen-bond acceptors (Lipinski definition) is 4. The average molecular weight is 274 g/mol. The lowest BCUT2D eigenvalue weighted by molar-refractivity contribution is 0.417. The predicted molar refractivity (Wildman–Crippen MR) is 76.0 cm³/mol. The molecule has 0 atom stereocenters. The first-order chi connectivity index (χ1) is 9.17. The van der Waals surface area contributed by atoms with Crippen LogP contribution in [0.3, 0.4) is 0 Å². The van der Waals surface area contributed by atoms with Crippen LogP contribution in [0.4, 0.5) is 10.1 Å². The molecule has 3 aromatic rings. The van der Waals surface area contributed by atoms with E-state index in [1.807, 2.05) is 12.1 Å². The number of benzene rings is 2. The summed E-state index contributed by atoms with van der Waals surface area (Å²) in [7, 11) is 1.58. The summed E-state index contributed by atoms with van der Waals surface area (Å²) in [5, 5.41) is 0.815. The maximum atomic E-state index is 13.1. The Kier molecular flexibility index (Phi) is 2.83. The van der Waals surface area contributed by atoms with Crippen LogP contribution in [-0.4, -0.2) is 12.1 Å². The van der Waals surface area contributed by atoms with E-state index >= 15 is 0 Å². The molecular formula is C14H11FN2OS. The highest BCUT2D eigenvalue weighted by atomic mass is 32.1. The molecule has 0 saturated heterocycles. The molecule has 0 fully saturated rings. The normalized spacial score (nSPS) is 10.8. The van der Waals surface area contributed by atoms with Crippen LogP contribution in [0.25, 0.3) is 20.8 Å². The highest BCUT2D eigenvalue weighted by Gasteiger charge is 2.09. The summed E-state index contributed by atoms with van der Waals surface area (Å²) < 4.78 is 19.2. The molecule has 0 saturated carbocycles. The third kappa shape index (κ3) is 2.13. The zero-order chi connectivity index (χ0) is 13.4. The highest BCUT2D eigenvalue weighted by molar-refractivity contribution is 7.21. The van der Waals surface area contributed by atoms with Gasteiger partial charge in [-0.25, -0.2) is 9.37 Å². The lowest BCUT2D eigenvalue weighted by Gasteiger charge is -2.04. The van der Waals surface area contributed by atoms with Crippen LogP contribution in [-0.2, 0) is 0 Å². The van der Waals surface area contributed by atoms with Gasteiger partial charge in [-0.1, -0.05) is 0 Å². The van der Waals surface area contributed by atoms with E-state index in [-0.39, 0.29) is 5.82 Å². The SMILES string of the molecule is COc1ccc(-c2nc3cc(F)ccc3s2)cc1N. The van der Waals surface area contributed by atoms with E-state index in [4.69, 9.17) is 10.5 Å². The van der Waals surface area contributed by atoms with Crippen molar-refractivity contribution in [3.05, 3.63) is 42.2 Å². The van der Waals surface area contributed by atoms with Crippen molar-refractivity contribution < 1.29 is 9.13 Å². The van der Waals surface area contributed by atoms with Gasteiger partial charge in [-0.2, -0.15) is 0 Å². The summed E-state index contributed by atoms with van der Waals surface area (Å²) in [6.07, 6.45) is 0. The Morgan fingerprint density at radius 1 is 1.21 bits per heavy atom. The molecule has 2 aromatic carbocycles. The first-order valence-corrected chi connectivity index (χ1v) is 6.49. The number of nitrogen functional groups attached to an aromatic ring is 1. The van der Waals surface area contributed by atoms with Crippen molar-refractivity contribution in [2.75, 3.05) is 12.8 Å². The van der Waals surface area contributed by atoms with Gasteiger partial charge in [0.05, 0.1) is 23.0 Å². The van der Waals surface area contributed by atoms with Gasteiger partial charge in [-0.3, -0.25) is 0 Å². The predicted octanol–water partition coefficient (Wildman–Crippen LogP) is 3.69. The molecule has 0 aliphatic rings. The lowest BCUT2D eigenvalue weighted by Crippen LogP contribution is -1.92. The number of thiazole rings is 1. The maximum absolute atomic E-state index is 13.1. The molecule has 1 heterocycles. The van der Waals surface area contributed by atoms with Gasteiger partial charge >= 0.3 is 0 Å². The van der Waals surface area contributed by atoms with E-state index in [1.54, 1.807) is 19.2 Å². The minimum absolute atomic E-state index is 0.279. The van der Waals surface area contributed by atoms with Crippen LogP contribution >= 0.6 is 11.3 Å². The molecule has 0 radical (unpaired) electrons. The maximum Gasteiger partial charge on any atom is 0.141 e. The summed E-state index contributed by atoms with van der Waals surface area (Å²) in [5.41, 5.74) is 8.00. The number of methoxy groups -OCH3 is 1. The topological polar surface area (TPSA) is 48.1 Å². The van der Waals surface area contributed by atoms with Crippen LogP contribution < -0.4 is 10.5 Å². The summed E-state index contributed by atoms with van der Waals surface area (Å²) >= 11 is 1.51. The van der Waals surface area contributed by atoms with Crippen molar-refractivity contribution in [1.82, 2.24) is 4.98 Å². The van der Waals surface area contributed by atoms with Gasteiger partial charge in [0.25, 0.3) is 0 Å². The van der Waals surface area contributed by atoms with Crippen LogP contribution in [0.5, 0.6) is 5.75 Å². The second-order valence-electron chi connectivity index (χ2n) is 4.09. The number of ether oxygens (including phenoxy) is 1.